The Bertz CT molecular complexity index is 1480. The molecule has 1 aliphatic heterocycles. The number of fused-ring (bicyclic) bond motifs is 1. The Morgan fingerprint density at radius 3 is 2.46 bits per heavy atom. The lowest BCUT2D eigenvalue weighted by Crippen LogP contribution is -2.32. The maximum Gasteiger partial charge on any atom is 0.293 e. The summed E-state index contributed by atoms with van der Waals surface area (Å²) in [4.78, 5) is 27.0. The minimum Gasteiger partial charge on any atom is -0.493 e. The number of methoxy groups -OCH3 is 1. The monoisotopic (exact) mass is 511 g/mol. The molecule has 1 aliphatic rings. The van der Waals surface area contributed by atoms with Gasteiger partial charge in [0.15, 0.2) is 11.5 Å². The zero-order chi connectivity index (χ0) is 25.6. The lowest BCUT2D eigenvalue weighted by Gasteiger charge is -2.14. The highest BCUT2D eigenvalue weighted by Gasteiger charge is 2.34. The van der Waals surface area contributed by atoms with Gasteiger partial charge in [-0.15, -0.1) is 0 Å². The van der Waals surface area contributed by atoms with E-state index in [2.05, 4.69) is 24.3 Å². The van der Waals surface area contributed by atoms with E-state index in [9.17, 15) is 9.59 Å². The molecule has 1 fully saturated rings. The Balaban J connectivity index is 1.23. The average molecular weight is 512 g/mol. The number of carbonyl (C=O) groups is 2. The van der Waals surface area contributed by atoms with Gasteiger partial charge < -0.3 is 14.2 Å². The first-order chi connectivity index (χ1) is 18.1. The van der Waals surface area contributed by atoms with E-state index in [1.165, 1.54) is 10.3 Å². The van der Waals surface area contributed by atoms with E-state index in [-0.39, 0.29) is 24.3 Å². The number of amides is 2. The molecule has 7 heteroatoms. The molecule has 0 aliphatic carbocycles. The van der Waals surface area contributed by atoms with E-state index < -0.39 is 0 Å². The Morgan fingerprint density at radius 1 is 0.838 bits per heavy atom. The fourth-order valence-corrected chi connectivity index (χ4v) is 4.97. The van der Waals surface area contributed by atoms with Crippen LogP contribution in [0.3, 0.4) is 0 Å². The molecule has 1 heterocycles. The fraction of sp³-hybridized carbons (Fsp3) is 0.133. The molecular formula is C30H25NO5S. The second-order valence-electron chi connectivity index (χ2n) is 8.33. The van der Waals surface area contributed by atoms with Gasteiger partial charge in [0.2, 0.25) is 0 Å². The summed E-state index contributed by atoms with van der Waals surface area (Å²) in [5, 5.41) is 2.01. The van der Waals surface area contributed by atoms with E-state index in [0.29, 0.717) is 28.8 Å². The van der Waals surface area contributed by atoms with Gasteiger partial charge in [0.05, 0.1) is 18.6 Å². The lowest BCUT2D eigenvalue weighted by molar-refractivity contribution is -0.123. The van der Waals surface area contributed by atoms with Crippen LogP contribution < -0.4 is 14.2 Å². The number of thioether (sulfide) groups is 1. The maximum absolute atomic E-state index is 12.9. The van der Waals surface area contributed by atoms with Crippen molar-refractivity contribution in [2.75, 3.05) is 20.3 Å². The van der Waals surface area contributed by atoms with Gasteiger partial charge in [-0.2, -0.15) is 0 Å². The normalized spacial score (nSPS) is 14.4. The van der Waals surface area contributed by atoms with Crippen LogP contribution in [0.4, 0.5) is 4.79 Å². The van der Waals surface area contributed by atoms with Crippen molar-refractivity contribution < 1.29 is 23.8 Å². The lowest BCUT2D eigenvalue weighted by atomic mass is 10.1. The van der Waals surface area contributed by atoms with Crippen molar-refractivity contribution in [1.29, 1.82) is 0 Å². The molecule has 2 amide bonds. The number of carbonyl (C=O) groups excluding carboxylic acids is 2. The van der Waals surface area contributed by atoms with Crippen molar-refractivity contribution in [2.24, 2.45) is 0 Å². The molecule has 0 unspecified atom stereocenters. The maximum atomic E-state index is 12.9. The zero-order valence-electron chi connectivity index (χ0n) is 20.3. The average Bonchev–Trinajstić information content (AvgIpc) is 3.19. The molecule has 37 heavy (non-hydrogen) atoms. The largest absolute Gasteiger partial charge is 0.493 e. The van der Waals surface area contributed by atoms with Crippen LogP contribution in [0.5, 0.6) is 17.2 Å². The number of para-hydroxylation sites is 2. The molecule has 4 aromatic carbocycles. The van der Waals surface area contributed by atoms with Crippen LogP contribution in [-0.2, 0) is 11.4 Å². The Labute approximate surface area is 219 Å². The molecule has 5 rings (SSSR count). The van der Waals surface area contributed by atoms with Gasteiger partial charge in [-0.1, -0.05) is 66.7 Å². The van der Waals surface area contributed by atoms with Crippen molar-refractivity contribution >= 4 is 39.8 Å². The molecule has 1 saturated heterocycles. The van der Waals surface area contributed by atoms with Gasteiger partial charge in [-0.3, -0.25) is 14.5 Å². The van der Waals surface area contributed by atoms with Crippen LogP contribution in [0.1, 0.15) is 11.1 Å². The van der Waals surface area contributed by atoms with Gasteiger partial charge in [0.25, 0.3) is 11.1 Å². The van der Waals surface area contributed by atoms with Crippen LogP contribution in [-0.4, -0.2) is 36.3 Å². The van der Waals surface area contributed by atoms with Crippen LogP contribution in [0.15, 0.2) is 95.9 Å². The van der Waals surface area contributed by atoms with Crippen molar-refractivity contribution in [1.82, 2.24) is 4.90 Å². The van der Waals surface area contributed by atoms with Crippen LogP contribution in [0.2, 0.25) is 0 Å². The second-order valence-corrected chi connectivity index (χ2v) is 9.33. The van der Waals surface area contributed by atoms with Gasteiger partial charge in [-0.05, 0) is 64.0 Å². The molecule has 0 spiro atoms. The van der Waals surface area contributed by atoms with Gasteiger partial charge in [0, 0.05) is 0 Å². The van der Waals surface area contributed by atoms with E-state index in [0.717, 1.165) is 28.3 Å². The topological polar surface area (TPSA) is 65.1 Å². The summed E-state index contributed by atoms with van der Waals surface area (Å²) in [5.41, 5.74) is 1.88. The fourth-order valence-electron chi connectivity index (χ4n) is 4.10. The Hall–Kier alpha value is -4.23. The standard InChI is InChI=1S/C30H25NO5S/c1-34-26-14-4-5-15-27(26)35-17-16-31-29(32)28(37-30(31)33)19-21-8-6-12-24(18-21)36-20-23-11-7-10-22-9-2-3-13-25(22)23/h2-15,18-19H,16-17,20H2,1H3/b28-19-. The molecule has 4 aromatic rings. The molecule has 6 nitrogen and oxygen atoms in total. The third kappa shape index (κ3) is 5.62. The molecule has 0 radical (unpaired) electrons. The number of rotatable bonds is 9. The highest BCUT2D eigenvalue weighted by molar-refractivity contribution is 8.18. The van der Waals surface area contributed by atoms with E-state index in [4.69, 9.17) is 14.2 Å². The summed E-state index contributed by atoms with van der Waals surface area (Å²) in [6, 6.07) is 29.1. The minimum atomic E-state index is -0.333. The smallest absolute Gasteiger partial charge is 0.293 e. The summed E-state index contributed by atoms with van der Waals surface area (Å²) in [6.07, 6.45) is 1.72. The van der Waals surface area contributed by atoms with Gasteiger partial charge in [0.1, 0.15) is 19.0 Å². The van der Waals surface area contributed by atoms with Crippen LogP contribution in [0, 0.1) is 0 Å². The summed E-state index contributed by atoms with van der Waals surface area (Å²) < 4.78 is 17.1. The molecule has 0 N–H and O–H groups in total. The number of imide groups is 1. The highest BCUT2D eigenvalue weighted by Crippen LogP contribution is 2.33. The third-order valence-corrected chi connectivity index (χ3v) is 6.85. The summed E-state index contributed by atoms with van der Waals surface area (Å²) >= 11 is 0.926. The van der Waals surface area contributed by atoms with E-state index in [1.807, 2.05) is 54.6 Å². The number of hydrogen-bond donors (Lipinski definition) is 0. The Morgan fingerprint density at radius 2 is 1.59 bits per heavy atom. The van der Waals surface area contributed by atoms with Crippen molar-refractivity contribution in [3.05, 3.63) is 107 Å². The predicted molar refractivity (Wildman–Crippen MR) is 146 cm³/mol. The van der Waals surface area contributed by atoms with Gasteiger partial charge >= 0.3 is 0 Å². The van der Waals surface area contributed by atoms with Crippen LogP contribution >= 0.6 is 11.8 Å². The van der Waals surface area contributed by atoms with Gasteiger partial charge in [-0.25, -0.2) is 0 Å². The summed E-state index contributed by atoms with van der Waals surface area (Å²) in [6.45, 7) is 0.741. The Kier molecular flexibility index (Phi) is 7.42. The van der Waals surface area contributed by atoms with E-state index >= 15 is 0 Å². The third-order valence-electron chi connectivity index (χ3n) is 5.95. The summed E-state index contributed by atoms with van der Waals surface area (Å²) in [7, 11) is 1.56. The molecular weight excluding hydrogens is 486 g/mol. The molecule has 186 valence electrons. The number of hydrogen-bond acceptors (Lipinski definition) is 6. The van der Waals surface area contributed by atoms with Crippen molar-refractivity contribution in [3.63, 3.8) is 0 Å². The first-order valence-electron chi connectivity index (χ1n) is 11.8. The minimum absolute atomic E-state index is 0.147. The number of benzene rings is 4. The zero-order valence-corrected chi connectivity index (χ0v) is 21.1. The summed E-state index contributed by atoms with van der Waals surface area (Å²) in [5.74, 6) is 1.51. The molecule has 0 atom stereocenters. The molecule has 0 bridgehead atoms. The van der Waals surface area contributed by atoms with E-state index in [1.54, 1.807) is 25.3 Å². The van der Waals surface area contributed by atoms with Crippen LogP contribution in [0.25, 0.3) is 16.8 Å². The second kappa shape index (κ2) is 11.2. The van der Waals surface area contributed by atoms with Crippen molar-refractivity contribution in [2.45, 2.75) is 6.61 Å². The SMILES string of the molecule is COc1ccccc1OCCN1C(=O)S/C(=C\c2cccc(OCc3cccc4ccccc34)c2)C1=O. The molecule has 0 aromatic heterocycles. The van der Waals surface area contributed by atoms with Crippen molar-refractivity contribution in [3.8, 4) is 17.2 Å². The first kappa shape index (κ1) is 24.5. The highest BCUT2D eigenvalue weighted by atomic mass is 32.2. The number of ether oxygens (including phenoxy) is 3. The first-order valence-corrected chi connectivity index (χ1v) is 12.6. The quantitative estimate of drug-likeness (QED) is 0.238. The number of nitrogens with zero attached hydrogens (tertiary/aromatic N) is 1. The molecule has 0 saturated carbocycles. The predicted octanol–water partition coefficient (Wildman–Crippen LogP) is 6.54.